The van der Waals surface area contributed by atoms with Gasteiger partial charge in [-0.2, -0.15) is 0 Å². The summed E-state index contributed by atoms with van der Waals surface area (Å²) in [6.45, 7) is 9.90. The lowest BCUT2D eigenvalue weighted by Gasteiger charge is -2.34. The van der Waals surface area contributed by atoms with Crippen LogP contribution in [0.2, 0.25) is 0 Å². The van der Waals surface area contributed by atoms with Gasteiger partial charge in [-0.1, -0.05) is 134 Å². The first kappa shape index (κ1) is 28.0. The zero-order valence-corrected chi connectivity index (χ0v) is 21.3. The summed E-state index contributed by atoms with van der Waals surface area (Å²) >= 11 is 0. The van der Waals surface area contributed by atoms with Crippen molar-refractivity contribution in [3.05, 3.63) is 48.6 Å². The van der Waals surface area contributed by atoms with Crippen molar-refractivity contribution in [3.63, 3.8) is 0 Å². The maximum absolute atomic E-state index is 4.01. The predicted octanol–water partition coefficient (Wildman–Crippen LogP) is 9.12. The standard InChI is InChI=1S/C30H54N/c1-4-6-7-8-9-10-11-12-13-14-15-16-17-18-19-23-28-31(3,27-5-2)29-26-30-24-21-20-22-25-30/h5,20-22,24-25H,2,4,6-19,23,26-29H2,1,3H3/q+1. The minimum atomic E-state index is 1.09. The summed E-state index contributed by atoms with van der Waals surface area (Å²) in [4.78, 5) is 0. The molecule has 1 aromatic carbocycles. The monoisotopic (exact) mass is 428 g/mol. The van der Waals surface area contributed by atoms with E-state index >= 15 is 0 Å². The Morgan fingerprint density at radius 2 is 1.10 bits per heavy atom. The summed E-state index contributed by atoms with van der Waals surface area (Å²) in [6, 6.07) is 10.9. The Labute approximate surface area is 195 Å². The Hall–Kier alpha value is -1.08. The van der Waals surface area contributed by atoms with Gasteiger partial charge in [0.25, 0.3) is 0 Å². The third-order valence-corrected chi connectivity index (χ3v) is 6.90. The Balaban J connectivity index is 1.95. The van der Waals surface area contributed by atoms with E-state index in [2.05, 4.69) is 57.0 Å². The Morgan fingerprint density at radius 1 is 0.645 bits per heavy atom. The van der Waals surface area contributed by atoms with Crippen molar-refractivity contribution in [2.75, 3.05) is 26.7 Å². The number of unbranched alkanes of at least 4 members (excludes halogenated alkanes) is 15. The summed E-state index contributed by atoms with van der Waals surface area (Å²) in [5.41, 5.74) is 1.46. The molecular weight excluding hydrogens is 374 g/mol. The van der Waals surface area contributed by atoms with Crippen LogP contribution in [0.5, 0.6) is 0 Å². The van der Waals surface area contributed by atoms with Crippen LogP contribution in [0.1, 0.15) is 115 Å². The first-order valence-electron chi connectivity index (χ1n) is 13.7. The van der Waals surface area contributed by atoms with Gasteiger partial charge in [0.1, 0.15) is 0 Å². The number of nitrogens with zero attached hydrogens (tertiary/aromatic N) is 1. The second-order valence-corrected chi connectivity index (χ2v) is 10.1. The Morgan fingerprint density at radius 3 is 1.55 bits per heavy atom. The van der Waals surface area contributed by atoms with Crippen LogP contribution in [-0.2, 0) is 6.42 Å². The average Bonchev–Trinajstić information content (AvgIpc) is 2.78. The SMILES string of the molecule is C=CC[N+](C)(CCCCCCCCCCCCCCCCCC)CCc1ccccc1. The molecule has 0 saturated heterocycles. The maximum Gasteiger partial charge on any atom is 0.0969 e. The molecule has 0 amide bonds. The van der Waals surface area contributed by atoms with Crippen LogP contribution in [0.3, 0.4) is 0 Å². The summed E-state index contributed by atoms with van der Waals surface area (Å²) < 4.78 is 1.14. The lowest BCUT2D eigenvalue weighted by molar-refractivity contribution is -0.904. The van der Waals surface area contributed by atoms with E-state index in [0.717, 1.165) is 11.0 Å². The van der Waals surface area contributed by atoms with Gasteiger partial charge in [-0.25, -0.2) is 0 Å². The van der Waals surface area contributed by atoms with Crippen LogP contribution in [0, 0.1) is 0 Å². The molecule has 31 heavy (non-hydrogen) atoms. The molecule has 0 radical (unpaired) electrons. The molecule has 0 aliphatic rings. The highest BCUT2D eigenvalue weighted by atomic mass is 15.3. The maximum atomic E-state index is 4.01. The highest BCUT2D eigenvalue weighted by Gasteiger charge is 2.19. The Bertz CT molecular complexity index is 508. The van der Waals surface area contributed by atoms with E-state index in [9.17, 15) is 0 Å². The van der Waals surface area contributed by atoms with Crippen LogP contribution in [-0.4, -0.2) is 31.2 Å². The van der Waals surface area contributed by atoms with Crippen LogP contribution in [0.4, 0.5) is 0 Å². The molecule has 1 unspecified atom stereocenters. The van der Waals surface area contributed by atoms with Gasteiger partial charge in [-0.3, -0.25) is 0 Å². The predicted molar refractivity (Wildman–Crippen MR) is 141 cm³/mol. The topological polar surface area (TPSA) is 0 Å². The molecular formula is C30H54N+. The molecule has 1 rings (SSSR count). The zero-order valence-electron chi connectivity index (χ0n) is 21.3. The fraction of sp³-hybridized carbons (Fsp3) is 0.733. The smallest absolute Gasteiger partial charge is 0.0969 e. The number of likely N-dealkylation sites (N-methyl/N-ethyl adjacent to an activating group) is 1. The second-order valence-electron chi connectivity index (χ2n) is 10.1. The van der Waals surface area contributed by atoms with Gasteiger partial charge in [0, 0.05) is 6.42 Å². The van der Waals surface area contributed by atoms with Crippen molar-refractivity contribution in [3.8, 4) is 0 Å². The normalized spacial score (nSPS) is 13.2. The molecule has 178 valence electrons. The number of rotatable bonds is 22. The number of hydrogen-bond donors (Lipinski definition) is 0. The molecule has 0 saturated carbocycles. The van der Waals surface area contributed by atoms with Gasteiger partial charge >= 0.3 is 0 Å². The van der Waals surface area contributed by atoms with Gasteiger partial charge in [0.05, 0.1) is 26.7 Å². The number of quaternary nitrogens is 1. The van der Waals surface area contributed by atoms with E-state index < -0.39 is 0 Å². The fourth-order valence-corrected chi connectivity index (χ4v) is 4.69. The Kier molecular flexibility index (Phi) is 17.7. The number of benzene rings is 1. The van der Waals surface area contributed by atoms with Crippen LogP contribution < -0.4 is 0 Å². The highest BCUT2D eigenvalue weighted by molar-refractivity contribution is 5.14. The summed E-state index contributed by atoms with van der Waals surface area (Å²) in [5.74, 6) is 0. The lowest BCUT2D eigenvalue weighted by Crippen LogP contribution is -2.46. The first-order chi connectivity index (χ1) is 15.2. The minimum Gasteiger partial charge on any atom is -0.323 e. The van der Waals surface area contributed by atoms with Crippen LogP contribution >= 0.6 is 0 Å². The minimum absolute atomic E-state index is 1.09. The van der Waals surface area contributed by atoms with Crippen molar-refractivity contribution in [1.82, 2.24) is 0 Å². The van der Waals surface area contributed by atoms with E-state index in [1.165, 1.54) is 128 Å². The highest BCUT2D eigenvalue weighted by Crippen LogP contribution is 2.15. The van der Waals surface area contributed by atoms with E-state index in [-0.39, 0.29) is 0 Å². The molecule has 1 nitrogen and oxygen atoms in total. The summed E-state index contributed by atoms with van der Waals surface area (Å²) in [6.07, 6.45) is 26.3. The number of hydrogen-bond acceptors (Lipinski definition) is 0. The summed E-state index contributed by atoms with van der Waals surface area (Å²) in [7, 11) is 2.41. The largest absolute Gasteiger partial charge is 0.323 e. The van der Waals surface area contributed by atoms with Gasteiger partial charge < -0.3 is 4.48 Å². The fourth-order valence-electron chi connectivity index (χ4n) is 4.69. The van der Waals surface area contributed by atoms with E-state index in [4.69, 9.17) is 0 Å². The van der Waals surface area contributed by atoms with Gasteiger partial charge in [-0.05, 0) is 24.5 Å². The van der Waals surface area contributed by atoms with Crippen LogP contribution in [0.25, 0.3) is 0 Å². The van der Waals surface area contributed by atoms with Crippen molar-refractivity contribution >= 4 is 0 Å². The molecule has 1 heteroatoms. The molecule has 1 aromatic rings. The van der Waals surface area contributed by atoms with Gasteiger partial charge in [-0.15, -0.1) is 0 Å². The van der Waals surface area contributed by atoms with Crippen molar-refractivity contribution in [2.45, 2.75) is 116 Å². The molecule has 0 heterocycles. The lowest BCUT2D eigenvalue weighted by atomic mass is 10.0. The molecule has 0 spiro atoms. The average molecular weight is 429 g/mol. The molecule has 0 N–H and O–H groups in total. The van der Waals surface area contributed by atoms with Crippen molar-refractivity contribution < 1.29 is 4.48 Å². The van der Waals surface area contributed by atoms with Gasteiger partial charge in [0.15, 0.2) is 0 Å². The summed E-state index contributed by atoms with van der Waals surface area (Å²) in [5, 5.41) is 0. The molecule has 1 atom stereocenters. The van der Waals surface area contributed by atoms with E-state index in [1.54, 1.807) is 0 Å². The second kappa shape index (κ2) is 19.6. The van der Waals surface area contributed by atoms with Crippen molar-refractivity contribution in [2.24, 2.45) is 0 Å². The third kappa shape index (κ3) is 16.2. The zero-order chi connectivity index (χ0) is 22.5. The quantitative estimate of drug-likeness (QED) is 0.0981. The molecule has 0 bridgehead atoms. The first-order valence-corrected chi connectivity index (χ1v) is 13.7. The van der Waals surface area contributed by atoms with E-state index in [0.29, 0.717) is 0 Å². The van der Waals surface area contributed by atoms with E-state index in [1.807, 2.05) is 0 Å². The molecule has 0 aliphatic heterocycles. The van der Waals surface area contributed by atoms with Gasteiger partial charge in [0.2, 0.25) is 0 Å². The molecule has 0 aliphatic carbocycles. The molecule has 0 aromatic heterocycles. The molecule has 0 fully saturated rings. The van der Waals surface area contributed by atoms with Crippen molar-refractivity contribution in [1.29, 1.82) is 0 Å². The van der Waals surface area contributed by atoms with Crippen LogP contribution in [0.15, 0.2) is 43.0 Å². The third-order valence-electron chi connectivity index (χ3n) is 6.90.